The van der Waals surface area contributed by atoms with Crippen molar-refractivity contribution in [2.75, 3.05) is 11.5 Å². The van der Waals surface area contributed by atoms with Crippen LogP contribution in [0.5, 0.6) is 0 Å². The number of nitriles is 1. The Morgan fingerprint density at radius 3 is 2.65 bits per heavy atom. The molecule has 164 valence electrons. The minimum absolute atomic E-state index is 0.0638. The van der Waals surface area contributed by atoms with Gasteiger partial charge >= 0.3 is 5.97 Å². The van der Waals surface area contributed by atoms with Crippen molar-refractivity contribution in [2.24, 2.45) is 11.8 Å². The number of hydrogen-bond donors (Lipinski definition) is 1. The number of halogens is 1. The van der Waals surface area contributed by atoms with E-state index in [4.69, 9.17) is 14.7 Å². The number of benzene rings is 1. The van der Waals surface area contributed by atoms with Crippen LogP contribution in [0.1, 0.15) is 44.7 Å². The maximum Gasteiger partial charge on any atom is 0.341 e. The zero-order valence-corrected chi connectivity index (χ0v) is 17.5. The highest BCUT2D eigenvalue weighted by Gasteiger charge is 2.82. The van der Waals surface area contributed by atoms with E-state index >= 15 is 0 Å². The second-order valence-corrected chi connectivity index (χ2v) is 8.75. The number of rotatable bonds is 5. The fourth-order valence-electron chi connectivity index (χ4n) is 5.40. The maximum atomic E-state index is 13.4. The highest BCUT2D eigenvalue weighted by Crippen LogP contribution is 2.65. The van der Waals surface area contributed by atoms with E-state index in [0.29, 0.717) is 6.42 Å². The lowest BCUT2D eigenvalue weighted by Gasteiger charge is -2.40. The molecule has 0 aromatic heterocycles. The van der Waals surface area contributed by atoms with Gasteiger partial charge in [0.2, 0.25) is 11.8 Å². The van der Waals surface area contributed by atoms with Crippen LogP contribution < -0.4 is 4.90 Å². The minimum Gasteiger partial charge on any atom is -0.463 e. The number of carbonyl (C=O) groups is 3. The summed E-state index contributed by atoms with van der Waals surface area (Å²) in [5.41, 5.74) is -4.68. The van der Waals surface area contributed by atoms with Crippen LogP contribution in [0, 0.1) is 23.2 Å². The van der Waals surface area contributed by atoms with Gasteiger partial charge in [-0.3, -0.25) is 9.59 Å². The molecule has 3 fully saturated rings. The van der Waals surface area contributed by atoms with Gasteiger partial charge in [0.15, 0.2) is 5.60 Å². The second-order valence-electron chi connectivity index (χ2n) is 8.75. The summed E-state index contributed by atoms with van der Waals surface area (Å²) in [5, 5.41) is 20.4. The number of aliphatic hydroxyl groups is 1. The Balaban J connectivity index is 1.75. The summed E-state index contributed by atoms with van der Waals surface area (Å²) in [6.07, 6.45) is 0.375. The van der Waals surface area contributed by atoms with E-state index in [1.165, 1.54) is 25.1 Å². The van der Waals surface area contributed by atoms with Gasteiger partial charge in [0.1, 0.15) is 12.3 Å². The Morgan fingerprint density at radius 1 is 1.35 bits per heavy atom. The zero-order chi connectivity index (χ0) is 22.8. The molecule has 4 rings (SSSR count). The SMILES string of the molecule is CCCOC(=O)[C@]1(O)CC2(C)O[C@@]1(C)[C@@H]1C(=O)N(c3ccc(C#N)c(CF)c3)C(=O)[C@@H]12. The molecule has 2 bridgehead atoms. The van der Waals surface area contributed by atoms with Gasteiger partial charge in [-0.2, -0.15) is 5.26 Å². The third kappa shape index (κ3) is 2.61. The Labute approximate surface area is 178 Å². The molecular formula is C22H23FN2O6. The van der Waals surface area contributed by atoms with Crippen LogP contribution in [0.15, 0.2) is 18.2 Å². The molecule has 1 aromatic carbocycles. The van der Waals surface area contributed by atoms with Crippen molar-refractivity contribution < 1.29 is 33.4 Å². The predicted molar refractivity (Wildman–Crippen MR) is 104 cm³/mol. The van der Waals surface area contributed by atoms with Gasteiger partial charge in [-0.1, -0.05) is 6.92 Å². The monoisotopic (exact) mass is 430 g/mol. The first-order chi connectivity index (χ1) is 14.6. The lowest BCUT2D eigenvalue weighted by atomic mass is 9.61. The number of fused-ring (bicyclic) bond motifs is 5. The summed E-state index contributed by atoms with van der Waals surface area (Å²) >= 11 is 0. The van der Waals surface area contributed by atoms with Gasteiger partial charge < -0.3 is 14.6 Å². The summed E-state index contributed by atoms with van der Waals surface area (Å²) in [5.74, 6) is -4.08. The Bertz CT molecular complexity index is 1040. The number of hydrogen-bond acceptors (Lipinski definition) is 7. The van der Waals surface area contributed by atoms with E-state index in [9.17, 15) is 23.9 Å². The topological polar surface area (TPSA) is 117 Å². The average molecular weight is 430 g/mol. The van der Waals surface area contributed by atoms with Crippen LogP contribution in [0.3, 0.4) is 0 Å². The molecule has 9 heteroatoms. The molecule has 0 aliphatic carbocycles. The standard InChI is InChI=1S/C22H23FN2O6/c1-4-7-30-19(28)22(29)11-20(2)15-16(21(22,3)31-20)18(27)25(17(15)26)14-6-5-12(10-24)13(8-14)9-23/h5-6,8,15-16,29H,4,7,9,11H2,1-3H3/t15-,16+,20?,21+,22-/m1/s1. The van der Waals surface area contributed by atoms with Crippen molar-refractivity contribution >= 4 is 23.5 Å². The lowest BCUT2D eigenvalue weighted by Crippen LogP contribution is -2.62. The maximum absolute atomic E-state index is 13.4. The number of anilines is 1. The molecule has 3 saturated heterocycles. The molecule has 0 spiro atoms. The van der Waals surface area contributed by atoms with E-state index in [1.807, 2.05) is 13.0 Å². The summed E-state index contributed by atoms with van der Waals surface area (Å²) in [6, 6.07) is 5.93. The van der Waals surface area contributed by atoms with Gasteiger partial charge in [0.05, 0.1) is 41.4 Å². The molecule has 1 N–H and O–H groups in total. The fourth-order valence-corrected chi connectivity index (χ4v) is 5.40. The fraction of sp³-hybridized carbons (Fsp3) is 0.545. The Kier molecular flexibility index (Phi) is 4.72. The third-order valence-corrected chi connectivity index (χ3v) is 6.82. The van der Waals surface area contributed by atoms with E-state index < -0.39 is 53.1 Å². The second kappa shape index (κ2) is 6.84. The van der Waals surface area contributed by atoms with Gasteiger partial charge in [0, 0.05) is 12.0 Å². The molecule has 1 aromatic rings. The molecule has 2 amide bonds. The largest absolute Gasteiger partial charge is 0.463 e. The first-order valence-electron chi connectivity index (χ1n) is 10.1. The van der Waals surface area contributed by atoms with E-state index in [-0.39, 0.29) is 29.8 Å². The van der Waals surface area contributed by atoms with Crippen LogP contribution >= 0.6 is 0 Å². The lowest BCUT2D eigenvalue weighted by molar-refractivity contribution is -0.188. The normalized spacial score (nSPS) is 35.9. The van der Waals surface area contributed by atoms with Crippen molar-refractivity contribution in [3.8, 4) is 6.07 Å². The zero-order valence-electron chi connectivity index (χ0n) is 17.5. The van der Waals surface area contributed by atoms with Crippen molar-refractivity contribution in [3.63, 3.8) is 0 Å². The van der Waals surface area contributed by atoms with Crippen molar-refractivity contribution in [1.82, 2.24) is 0 Å². The van der Waals surface area contributed by atoms with E-state index in [0.717, 1.165) is 4.90 Å². The quantitative estimate of drug-likeness (QED) is 0.559. The van der Waals surface area contributed by atoms with Gasteiger partial charge in [0.25, 0.3) is 0 Å². The first kappa shape index (κ1) is 21.4. The Morgan fingerprint density at radius 2 is 2.03 bits per heavy atom. The number of amides is 2. The molecule has 0 radical (unpaired) electrons. The number of imide groups is 1. The van der Waals surface area contributed by atoms with Crippen molar-refractivity contribution in [1.29, 1.82) is 5.26 Å². The Hall–Kier alpha value is -2.83. The molecule has 8 nitrogen and oxygen atoms in total. The number of alkyl halides is 1. The molecule has 31 heavy (non-hydrogen) atoms. The smallest absolute Gasteiger partial charge is 0.341 e. The van der Waals surface area contributed by atoms with E-state index in [1.54, 1.807) is 6.92 Å². The van der Waals surface area contributed by atoms with Crippen LogP contribution in [-0.2, 0) is 30.5 Å². The predicted octanol–water partition coefficient (Wildman–Crippen LogP) is 1.77. The third-order valence-electron chi connectivity index (χ3n) is 6.82. The van der Waals surface area contributed by atoms with Gasteiger partial charge in [-0.25, -0.2) is 14.1 Å². The molecule has 3 aliphatic rings. The number of carbonyl (C=O) groups excluding carboxylic acids is 3. The summed E-state index contributed by atoms with van der Waals surface area (Å²) in [4.78, 5) is 40.4. The summed E-state index contributed by atoms with van der Waals surface area (Å²) in [7, 11) is 0. The highest BCUT2D eigenvalue weighted by molar-refractivity contribution is 6.23. The first-order valence-corrected chi connectivity index (χ1v) is 10.1. The van der Waals surface area contributed by atoms with E-state index in [2.05, 4.69) is 0 Å². The van der Waals surface area contributed by atoms with Crippen LogP contribution in [0.4, 0.5) is 10.1 Å². The van der Waals surface area contributed by atoms with Gasteiger partial charge in [-0.05, 0) is 38.5 Å². The average Bonchev–Trinajstić information content (AvgIpc) is 3.24. The molecule has 5 atom stereocenters. The summed E-state index contributed by atoms with van der Waals surface area (Å²) < 4.78 is 24.6. The molecular weight excluding hydrogens is 407 g/mol. The molecule has 3 heterocycles. The molecule has 1 unspecified atom stereocenters. The highest BCUT2D eigenvalue weighted by atomic mass is 19.1. The van der Waals surface area contributed by atoms with Crippen LogP contribution in [-0.4, -0.2) is 46.3 Å². The minimum atomic E-state index is -2.08. The number of esters is 1. The van der Waals surface area contributed by atoms with Crippen molar-refractivity contribution in [3.05, 3.63) is 29.3 Å². The molecule has 3 aliphatic heterocycles. The van der Waals surface area contributed by atoms with Gasteiger partial charge in [-0.15, -0.1) is 0 Å². The van der Waals surface area contributed by atoms with Crippen molar-refractivity contribution in [2.45, 2.75) is 57.1 Å². The summed E-state index contributed by atoms with van der Waals surface area (Å²) in [6.45, 7) is 4.05. The van der Waals surface area contributed by atoms with Crippen LogP contribution in [0.2, 0.25) is 0 Å². The van der Waals surface area contributed by atoms with Crippen LogP contribution in [0.25, 0.3) is 0 Å². The number of nitrogens with zero attached hydrogens (tertiary/aromatic N) is 2. The number of ether oxygens (including phenoxy) is 2. The molecule has 0 saturated carbocycles.